The van der Waals surface area contributed by atoms with Crippen LogP contribution < -0.4 is 5.32 Å². The van der Waals surface area contributed by atoms with E-state index in [1.807, 2.05) is 17.7 Å². The largest absolute Gasteiger partial charge is 0.365 e. The van der Waals surface area contributed by atoms with E-state index in [1.165, 1.54) is 4.91 Å². The van der Waals surface area contributed by atoms with Crippen LogP contribution in [0.4, 0.5) is 0 Å². The minimum Gasteiger partial charge on any atom is -0.365 e. The molecular weight excluding hydrogens is 164 g/mol. The van der Waals surface area contributed by atoms with Gasteiger partial charge >= 0.3 is 0 Å². The van der Waals surface area contributed by atoms with Crippen LogP contribution in [-0.4, -0.2) is 12.9 Å². The Hall–Kier alpha value is -0.480. The summed E-state index contributed by atoms with van der Waals surface area (Å²) >= 11 is 5.15. The lowest BCUT2D eigenvalue weighted by molar-refractivity contribution is 0.842. The van der Waals surface area contributed by atoms with E-state index < -0.39 is 0 Å². The molecule has 0 aromatic carbocycles. The van der Waals surface area contributed by atoms with Crippen molar-refractivity contribution in [2.45, 2.75) is 0 Å². The first-order valence-electron chi connectivity index (χ1n) is 2.95. The van der Waals surface area contributed by atoms with Gasteiger partial charge in [0.25, 0.3) is 0 Å². The van der Waals surface area contributed by atoms with E-state index in [0.717, 1.165) is 5.70 Å². The Bertz CT molecular complexity index is 275. The summed E-state index contributed by atoms with van der Waals surface area (Å²) < 4.78 is 0. The first kappa shape index (κ1) is 6.24. The molecule has 0 amide bonds. The van der Waals surface area contributed by atoms with E-state index >= 15 is 0 Å². The van der Waals surface area contributed by atoms with Crippen LogP contribution in [0.2, 0.25) is 0 Å². The van der Waals surface area contributed by atoms with Crippen molar-refractivity contribution in [3.05, 3.63) is 22.1 Å². The number of nitrogens with one attached hydrogen (secondary N) is 1. The lowest BCUT2D eigenvalue weighted by Crippen LogP contribution is -2.17. The smallest absolute Gasteiger partial charge is 0.107 e. The highest BCUT2D eigenvalue weighted by Crippen LogP contribution is 2.17. The molecule has 4 heteroatoms. The maximum absolute atomic E-state index is 5.15. The van der Waals surface area contributed by atoms with E-state index in [-0.39, 0.29) is 9.45 Å². The molecule has 0 aliphatic carbocycles. The zero-order valence-electron chi connectivity index (χ0n) is 5.20. The summed E-state index contributed by atoms with van der Waals surface area (Å²) in [5, 5.41) is 5.18. The highest BCUT2D eigenvalue weighted by molar-refractivity contribution is 8.33. The third-order valence-corrected chi connectivity index (χ3v) is 3.42. The van der Waals surface area contributed by atoms with E-state index in [1.54, 1.807) is 0 Å². The van der Waals surface area contributed by atoms with Crippen LogP contribution in [-0.2, 0) is 20.6 Å². The van der Waals surface area contributed by atoms with Crippen LogP contribution in [0.3, 0.4) is 0 Å². The van der Waals surface area contributed by atoms with Crippen molar-refractivity contribution in [2.75, 3.05) is 6.67 Å². The molecule has 1 unspecified atom stereocenters. The third-order valence-electron chi connectivity index (χ3n) is 1.41. The van der Waals surface area contributed by atoms with Crippen LogP contribution in [0.1, 0.15) is 0 Å². The fourth-order valence-corrected chi connectivity index (χ4v) is 2.43. The van der Waals surface area contributed by atoms with Crippen molar-refractivity contribution in [1.29, 1.82) is 0 Å². The number of allylic oxidation sites excluding steroid dienone is 2. The number of aliphatic imine (C=N–C) groups is 1. The van der Waals surface area contributed by atoms with Gasteiger partial charge in [-0.3, -0.25) is 4.99 Å². The van der Waals surface area contributed by atoms with E-state index in [0.29, 0.717) is 6.67 Å². The van der Waals surface area contributed by atoms with Crippen molar-refractivity contribution in [3.8, 4) is 0 Å². The molecule has 1 atom stereocenters. The minimum absolute atomic E-state index is 0.119. The molecule has 2 aliphatic heterocycles. The molecule has 52 valence electrons. The second-order valence-corrected chi connectivity index (χ2v) is 4.41. The van der Waals surface area contributed by atoms with Gasteiger partial charge in [0.05, 0.1) is 10.6 Å². The Morgan fingerprint density at radius 1 is 1.70 bits per heavy atom. The van der Waals surface area contributed by atoms with Gasteiger partial charge in [0.15, 0.2) is 0 Å². The number of hydrogen-bond donors (Lipinski definition) is 1. The lowest BCUT2D eigenvalue weighted by Gasteiger charge is -2.08. The molecule has 0 aromatic heterocycles. The molecule has 0 aromatic rings. The summed E-state index contributed by atoms with van der Waals surface area (Å²) in [6.07, 6.45) is 3.92. The molecule has 10 heavy (non-hydrogen) atoms. The average molecular weight is 170 g/mol. The van der Waals surface area contributed by atoms with Gasteiger partial charge in [-0.25, -0.2) is 0 Å². The maximum Gasteiger partial charge on any atom is 0.107 e. The molecule has 0 saturated heterocycles. The lowest BCUT2D eigenvalue weighted by atomic mass is 10.4. The molecule has 1 N–H and O–H groups in total. The van der Waals surface area contributed by atoms with Gasteiger partial charge in [-0.15, -0.1) is 0 Å². The molecule has 2 aliphatic rings. The molecule has 2 nitrogen and oxygen atoms in total. The van der Waals surface area contributed by atoms with Gasteiger partial charge in [0.2, 0.25) is 0 Å². The second kappa shape index (κ2) is 2.29. The summed E-state index contributed by atoms with van der Waals surface area (Å²) in [6, 6.07) is 0. The van der Waals surface area contributed by atoms with Crippen molar-refractivity contribution >= 4 is 26.9 Å². The van der Waals surface area contributed by atoms with Gasteiger partial charge in [-0.2, -0.15) is 0 Å². The summed E-state index contributed by atoms with van der Waals surface area (Å²) in [5.41, 5.74) is 1.16. The summed E-state index contributed by atoms with van der Waals surface area (Å²) in [4.78, 5) is 5.24. The quantitative estimate of drug-likeness (QED) is 0.570. The topological polar surface area (TPSA) is 24.4 Å². The minimum atomic E-state index is -0.119. The molecule has 0 spiro atoms. The van der Waals surface area contributed by atoms with Crippen LogP contribution in [0.15, 0.2) is 27.1 Å². The van der Waals surface area contributed by atoms with Crippen molar-refractivity contribution in [2.24, 2.45) is 4.99 Å². The molecule has 0 saturated carbocycles. The standard InChI is InChI=1S/C6H6N2S2/c9-10-2-1-5-6(10)3-7-4-8-5/h1-3,8H,4H2. The molecule has 0 radical (unpaired) electrons. The third kappa shape index (κ3) is 0.839. The Labute approximate surface area is 66.3 Å². The normalized spacial score (nSPS) is 28.6. The van der Waals surface area contributed by atoms with E-state index in [9.17, 15) is 0 Å². The van der Waals surface area contributed by atoms with Crippen molar-refractivity contribution in [3.63, 3.8) is 0 Å². The van der Waals surface area contributed by atoms with E-state index in [4.69, 9.17) is 11.2 Å². The molecule has 0 fully saturated rings. The molecular formula is C6H6N2S2. The summed E-state index contributed by atoms with van der Waals surface area (Å²) in [6.45, 7) is 0.690. The number of rotatable bonds is 0. The van der Waals surface area contributed by atoms with Crippen LogP contribution >= 0.6 is 0 Å². The predicted octanol–water partition coefficient (Wildman–Crippen LogP) is 0.437. The van der Waals surface area contributed by atoms with Gasteiger partial charge in [-0.05, 0) is 22.7 Å². The fourth-order valence-electron chi connectivity index (χ4n) is 0.921. The first-order valence-corrected chi connectivity index (χ1v) is 5.16. The number of hydrogen-bond acceptors (Lipinski definition) is 3. The predicted molar refractivity (Wildman–Crippen MR) is 47.4 cm³/mol. The highest BCUT2D eigenvalue weighted by atomic mass is 32.8. The highest BCUT2D eigenvalue weighted by Gasteiger charge is 2.12. The van der Waals surface area contributed by atoms with Crippen LogP contribution in [0, 0.1) is 0 Å². The summed E-state index contributed by atoms with van der Waals surface area (Å²) in [7, 11) is -0.119. The van der Waals surface area contributed by atoms with Gasteiger partial charge in [-0.1, -0.05) is 9.45 Å². The maximum atomic E-state index is 5.15. The SMILES string of the molecule is S=S1C=CC2=C1C=NCN2. The zero-order chi connectivity index (χ0) is 6.97. The van der Waals surface area contributed by atoms with E-state index in [2.05, 4.69) is 10.3 Å². The van der Waals surface area contributed by atoms with Gasteiger partial charge in [0.1, 0.15) is 6.67 Å². The second-order valence-electron chi connectivity index (χ2n) is 2.02. The average Bonchev–Trinajstić information content (AvgIpc) is 2.34. The summed E-state index contributed by atoms with van der Waals surface area (Å²) in [5.74, 6) is 0. The fraction of sp³-hybridized carbons (Fsp3) is 0.167. The monoisotopic (exact) mass is 170 g/mol. The van der Waals surface area contributed by atoms with Gasteiger partial charge in [0, 0.05) is 6.21 Å². The Kier molecular flexibility index (Phi) is 1.43. The van der Waals surface area contributed by atoms with Crippen LogP contribution in [0.5, 0.6) is 0 Å². The Morgan fingerprint density at radius 2 is 2.60 bits per heavy atom. The van der Waals surface area contributed by atoms with Crippen molar-refractivity contribution in [1.82, 2.24) is 5.32 Å². The van der Waals surface area contributed by atoms with Gasteiger partial charge < -0.3 is 5.32 Å². The Balaban J connectivity index is 2.46. The molecule has 2 rings (SSSR count). The molecule has 0 bridgehead atoms. The number of nitrogens with zero attached hydrogens (tertiary/aromatic N) is 1. The molecule has 2 heterocycles. The first-order chi connectivity index (χ1) is 4.88. The van der Waals surface area contributed by atoms with Crippen molar-refractivity contribution < 1.29 is 0 Å². The zero-order valence-corrected chi connectivity index (χ0v) is 6.84. The van der Waals surface area contributed by atoms with Crippen LogP contribution in [0.25, 0.3) is 0 Å². The Morgan fingerprint density at radius 3 is 3.40 bits per heavy atom.